The first-order valence-corrected chi connectivity index (χ1v) is 22.2. The molecule has 1 aromatic carbocycles. The number of allylic oxidation sites excluding steroid dienone is 2. The lowest BCUT2D eigenvalue weighted by Gasteiger charge is -2.32. The number of aromatic nitrogens is 1. The second-order valence-electron chi connectivity index (χ2n) is 16.9. The molecule has 1 saturated heterocycles. The molecule has 14 nitrogen and oxygen atoms in total. The highest BCUT2D eigenvalue weighted by Crippen LogP contribution is 2.46. The molecule has 2 aliphatic heterocycles. The van der Waals surface area contributed by atoms with Crippen molar-refractivity contribution in [1.29, 1.82) is 0 Å². The number of hydrogen-bond acceptors (Lipinski definition) is 9. The minimum atomic E-state index is -3.91. The van der Waals surface area contributed by atoms with Crippen LogP contribution in [0.15, 0.2) is 59.9 Å². The summed E-state index contributed by atoms with van der Waals surface area (Å²) in [4.78, 5) is 72.0. The quantitative estimate of drug-likeness (QED) is 0.346. The van der Waals surface area contributed by atoms with E-state index in [0.29, 0.717) is 36.5 Å². The molecule has 4 amide bonds. The largest absolute Gasteiger partial charge is 0.473 e. The van der Waals surface area contributed by atoms with Gasteiger partial charge in [0.1, 0.15) is 29.8 Å². The maximum atomic E-state index is 14.9. The number of nitrogens with one attached hydrogen (secondary N) is 3. The molecule has 2 bridgehead atoms. The molecule has 2 aromatic rings. The van der Waals surface area contributed by atoms with Crippen molar-refractivity contribution in [2.45, 2.75) is 132 Å². The van der Waals surface area contributed by atoms with Crippen LogP contribution in [-0.4, -0.2) is 83.3 Å². The number of benzene rings is 1. The fourth-order valence-corrected chi connectivity index (χ4v) is 10.9. The van der Waals surface area contributed by atoms with Crippen molar-refractivity contribution >= 4 is 44.6 Å². The number of rotatable bonds is 7. The molecule has 4 saturated carbocycles. The number of fused-ring (bicyclic) bond motifs is 5. The molecule has 3 N–H and O–H groups in total. The predicted molar refractivity (Wildman–Crippen MR) is 211 cm³/mol. The van der Waals surface area contributed by atoms with Crippen molar-refractivity contribution in [3.63, 3.8) is 0 Å². The first-order chi connectivity index (χ1) is 27.5. The zero-order valence-corrected chi connectivity index (χ0v) is 33.1. The van der Waals surface area contributed by atoms with Crippen molar-refractivity contribution in [1.82, 2.24) is 24.8 Å². The number of nitrogens with zero attached hydrogens (tertiary/aromatic N) is 2. The molecule has 7 atom stereocenters. The average Bonchev–Trinajstić information content (AvgIpc) is 3.98. The number of amides is 4. The lowest BCUT2D eigenvalue weighted by atomic mass is 9.96. The van der Waals surface area contributed by atoms with Gasteiger partial charge in [-0.3, -0.25) is 28.5 Å². The Labute approximate surface area is 332 Å². The zero-order chi connectivity index (χ0) is 39.9. The third kappa shape index (κ3) is 8.08. The zero-order valence-electron chi connectivity index (χ0n) is 32.2. The van der Waals surface area contributed by atoms with Crippen LogP contribution >= 0.6 is 0 Å². The fraction of sp³-hybridized carbons (Fsp3) is 0.595. The van der Waals surface area contributed by atoms with E-state index in [1.807, 2.05) is 24.3 Å². The summed E-state index contributed by atoms with van der Waals surface area (Å²) in [6.45, 7) is 4.01. The Morgan fingerprint density at radius 2 is 1.68 bits per heavy atom. The van der Waals surface area contributed by atoms with E-state index < -0.39 is 68.7 Å². The number of sulfonamides is 1. The van der Waals surface area contributed by atoms with E-state index in [9.17, 15) is 32.4 Å². The predicted octanol–water partition coefficient (Wildman–Crippen LogP) is 4.21. The van der Waals surface area contributed by atoms with Gasteiger partial charge in [-0.1, -0.05) is 49.3 Å². The van der Waals surface area contributed by atoms with Gasteiger partial charge in [-0.15, -0.1) is 6.58 Å². The summed E-state index contributed by atoms with van der Waals surface area (Å²) < 4.78 is 42.0. The highest BCUT2D eigenvalue weighted by Gasteiger charge is 2.62. The molecule has 0 unspecified atom stereocenters. The molecule has 5 fully saturated rings. The van der Waals surface area contributed by atoms with Crippen molar-refractivity contribution in [3.8, 4) is 5.88 Å². The van der Waals surface area contributed by atoms with Crippen LogP contribution < -0.4 is 25.7 Å². The Morgan fingerprint density at radius 1 is 0.930 bits per heavy atom. The van der Waals surface area contributed by atoms with Gasteiger partial charge < -0.3 is 25.0 Å². The van der Waals surface area contributed by atoms with Crippen molar-refractivity contribution < 1.29 is 37.1 Å². The maximum absolute atomic E-state index is 14.9. The molecule has 8 rings (SSSR count). The lowest BCUT2D eigenvalue weighted by Crippen LogP contribution is -2.59. The first-order valence-electron chi connectivity index (χ1n) is 20.7. The van der Waals surface area contributed by atoms with Crippen LogP contribution in [0.1, 0.15) is 89.9 Å². The fourth-order valence-electron chi connectivity index (χ4n) is 9.54. The van der Waals surface area contributed by atoms with Gasteiger partial charge in [-0.05, 0) is 93.9 Å². The van der Waals surface area contributed by atoms with E-state index >= 15 is 0 Å². The van der Waals surface area contributed by atoms with Crippen LogP contribution in [0.3, 0.4) is 0 Å². The molecule has 6 aliphatic rings. The Bertz CT molecular complexity index is 2130. The number of carbonyl (C=O) groups is 4. The molecule has 0 radical (unpaired) electrons. The molecular weight excluding hydrogens is 751 g/mol. The summed E-state index contributed by atoms with van der Waals surface area (Å²) in [6, 6.07) is 6.93. The Morgan fingerprint density at radius 3 is 2.44 bits per heavy atom. The third-order valence-electron chi connectivity index (χ3n) is 13.0. The molecule has 1 aromatic heterocycles. The van der Waals surface area contributed by atoms with E-state index in [-0.39, 0.29) is 55.3 Å². The average molecular weight is 804 g/mol. The Hall–Kier alpha value is -4.66. The third-order valence-corrected chi connectivity index (χ3v) is 14.8. The molecule has 4 aliphatic carbocycles. The second-order valence-corrected chi connectivity index (χ2v) is 18.8. The number of carbonyl (C=O) groups excluding carboxylic acids is 4. The maximum Gasteiger partial charge on any atom is 0.408 e. The smallest absolute Gasteiger partial charge is 0.408 e. The van der Waals surface area contributed by atoms with Gasteiger partial charge >= 0.3 is 6.09 Å². The number of ether oxygens (including phenoxy) is 2. The van der Waals surface area contributed by atoms with E-state index in [2.05, 4.69) is 28.0 Å². The highest BCUT2D eigenvalue weighted by atomic mass is 32.2. The van der Waals surface area contributed by atoms with Crippen LogP contribution in [0.5, 0.6) is 5.88 Å². The van der Waals surface area contributed by atoms with Crippen LogP contribution in [0, 0.1) is 17.8 Å². The number of hydrogen-bond donors (Lipinski definition) is 3. The van der Waals surface area contributed by atoms with Crippen molar-refractivity contribution in [2.75, 3.05) is 6.54 Å². The molecule has 0 spiro atoms. The Kier molecular flexibility index (Phi) is 11.0. The molecule has 306 valence electrons. The standard InChI is InChI=1S/C42H53N5O9S/c1-2-29-24-42(29,40(51)45-57(53,54)31-19-20-31)44-37(48)33-23-30-25-47(33)39(50)36(27-13-6-7-14-27)43-41(52)56-34-18-11-16-26(34)12-5-3-4-10-21-46-35(55-30)22-28-15-8-9-17-32(28)38(46)49/h2,4,8-10,15,17,22,26-27,29-31,33-34,36H,1,3,5-7,11-14,16,18-21,23-25H2,(H,43,52)(H,44,48)(H,45,51)/t26-,29-,30-,33+,34-,36+,42-/m1/s1. The molecule has 3 heterocycles. The highest BCUT2D eigenvalue weighted by molar-refractivity contribution is 7.91. The SMILES string of the molecule is C=C[C@@H]1C[C@]1(NC(=O)[C@@H]1C[C@@H]2CN1C(=O)[C@H](C1CCCC1)NC(=O)O[C@@H]1CCC[C@H]1CCCC=CCn1c(cc3ccccc3c1=O)O2)C(=O)NS(=O)(=O)C1CC1. The van der Waals surface area contributed by atoms with Gasteiger partial charge in [-0.25, -0.2) is 13.2 Å². The van der Waals surface area contributed by atoms with Gasteiger partial charge in [0, 0.05) is 30.3 Å². The normalized spacial score (nSPS) is 31.1. The summed E-state index contributed by atoms with van der Waals surface area (Å²) in [5.74, 6) is -2.17. The van der Waals surface area contributed by atoms with Gasteiger partial charge in [0.2, 0.25) is 21.8 Å². The van der Waals surface area contributed by atoms with E-state index in [1.54, 1.807) is 16.7 Å². The topological polar surface area (TPSA) is 182 Å². The molecular formula is C42H53N5O9S. The van der Waals surface area contributed by atoms with Gasteiger partial charge in [-0.2, -0.15) is 0 Å². The minimum Gasteiger partial charge on any atom is -0.473 e. The van der Waals surface area contributed by atoms with Crippen LogP contribution in [0.25, 0.3) is 10.8 Å². The summed E-state index contributed by atoms with van der Waals surface area (Å²) in [7, 11) is -3.91. The van der Waals surface area contributed by atoms with Gasteiger partial charge in [0.25, 0.3) is 11.5 Å². The lowest BCUT2D eigenvalue weighted by molar-refractivity contribution is -0.142. The van der Waals surface area contributed by atoms with Gasteiger partial charge in [0.15, 0.2) is 5.88 Å². The van der Waals surface area contributed by atoms with E-state index in [1.165, 1.54) is 11.0 Å². The number of alkyl carbamates (subject to hydrolysis) is 1. The second kappa shape index (κ2) is 15.9. The summed E-state index contributed by atoms with van der Waals surface area (Å²) >= 11 is 0. The summed E-state index contributed by atoms with van der Waals surface area (Å²) in [5.41, 5.74) is -1.79. The molecule has 15 heteroatoms. The van der Waals surface area contributed by atoms with E-state index in [0.717, 1.165) is 51.4 Å². The van der Waals surface area contributed by atoms with Crippen molar-refractivity contribution in [2.24, 2.45) is 17.8 Å². The number of pyridine rings is 1. The van der Waals surface area contributed by atoms with Crippen LogP contribution in [0.2, 0.25) is 0 Å². The monoisotopic (exact) mass is 803 g/mol. The van der Waals surface area contributed by atoms with Crippen LogP contribution in [0.4, 0.5) is 4.79 Å². The first kappa shape index (κ1) is 39.2. The summed E-state index contributed by atoms with van der Waals surface area (Å²) in [6.07, 6.45) is 13.3. The van der Waals surface area contributed by atoms with Crippen molar-refractivity contribution in [3.05, 3.63) is 65.5 Å². The summed E-state index contributed by atoms with van der Waals surface area (Å²) in [5, 5.41) is 6.34. The van der Waals surface area contributed by atoms with E-state index in [4.69, 9.17) is 9.47 Å². The minimum absolute atomic E-state index is 0.0108. The Balaban J connectivity index is 1.14. The van der Waals surface area contributed by atoms with Gasteiger partial charge in [0.05, 0.1) is 11.8 Å². The van der Waals surface area contributed by atoms with Crippen LogP contribution in [-0.2, 0) is 35.7 Å². The molecule has 57 heavy (non-hydrogen) atoms.